The number of carbonyl (C=O) groups is 1. The van der Waals surface area contributed by atoms with Gasteiger partial charge in [0.05, 0.1) is 12.5 Å². The second-order valence-corrected chi connectivity index (χ2v) is 4.90. The van der Waals surface area contributed by atoms with Gasteiger partial charge in [0.1, 0.15) is 0 Å². The molecule has 0 aliphatic carbocycles. The average Bonchev–Trinajstić information content (AvgIpc) is 2.38. The first-order valence-electron chi connectivity index (χ1n) is 5.94. The molecule has 1 amide bonds. The SMILES string of the molecule is CCO[C@@H](CCc1ccc(Br)cc1)CC(=O)NO. The summed E-state index contributed by atoms with van der Waals surface area (Å²) in [6.07, 6.45) is 1.62. The van der Waals surface area contributed by atoms with Gasteiger partial charge < -0.3 is 4.74 Å². The maximum Gasteiger partial charge on any atom is 0.245 e. The molecule has 100 valence electrons. The Hall–Kier alpha value is -0.910. The highest BCUT2D eigenvalue weighted by molar-refractivity contribution is 9.10. The van der Waals surface area contributed by atoms with Crippen LogP contribution < -0.4 is 5.48 Å². The molecule has 0 aliphatic rings. The zero-order valence-electron chi connectivity index (χ0n) is 10.4. The summed E-state index contributed by atoms with van der Waals surface area (Å²) in [6, 6.07) is 8.06. The van der Waals surface area contributed by atoms with Crippen LogP contribution in [0.25, 0.3) is 0 Å². The van der Waals surface area contributed by atoms with Gasteiger partial charge in [0.15, 0.2) is 0 Å². The highest BCUT2D eigenvalue weighted by Gasteiger charge is 2.13. The summed E-state index contributed by atoms with van der Waals surface area (Å²) < 4.78 is 6.53. The molecule has 18 heavy (non-hydrogen) atoms. The summed E-state index contributed by atoms with van der Waals surface area (Å²) in [5.41, 5.74) is 2.84. The zero-order chi connectivity index (χ0) is 13.4. The summed E-state index contributed by atoms with van der Waals surface area (Å²) in [7, 11) is 0. The third-order valence-electron chi connectivity index (χ3n) is 2.61. The van der Waals surface area contributed by atoms with E-state index in [1.807, 2.05) is 31.2 Å². The molecule has 1 aromatic carbocycles. The first-order chi connectivity index (χ1) is 8.65. The fraction of sp³-hybridized carbons (Fsp3) is 0.462. The number of aryl methyl sites for hydroxylation is 1. The first-order valence-corrected chi connectivity index (χ1v) is 6.74. The number of ether oxygens (including phenoxy) is 1. The van der Waals surface area contributed by atoms with Crippen molar-refractivity contribution >= 4 is 21.8 Å². The van der Waals surface area contributed by atoms with Gasteiger partial charge in [0.2, 0.25) is 5.91 Å². The van der Waals surface area contributed by atoms with Crippen LogP contribution >= 0.6 is 15.9 Å². The molecule has 2 N–H and O–H groups in total. The van der Waals surface area contributed by atoms with Crippen LogP contribution in [0.4, 0.5) is 0 Å². The number of benzene rings is 1. The Balaban J connectivity index is 2.45. The third-order valence-corrected chi connectivity index (χ3v) is 3.14. The van der Waals surface area contributed by atoms with Crippen LogP contribution in [0.15, 0.2) is 28.7 Å². The largest absolute Gasteiger partial charge is 0.378 e. The first kappa shape index (κ1) is 15.1. The Morgan fingerprint density at radius 3 is 2.67 bits per heavy atom. The van der Waals surface area contributed by atoms with Crippen molar-refractivity contribution in [2.75, 3.05) is 6.61 Å². The molecule has 0 bridgehead atoms. The second kappa shape index (κ2) is 8.24. The summed E-state index contributed by atoms with van der Waals surface area (Å²) in [5.74, 6) is -0.413. The molecule has 1 aromatic rings. The maximum absolute atomic E-state index is 11.1. The fourth-order valence-corrected chi connectivity index (χ4v) is 1.98. The van der Waals surface area contributed by atoms with Crippen molar-refractivity contribution in [2.24, 2.45) is 0 Å². The van der Waals surface area contributed by atoms with Gasteiger partial charge in [-0.15, -0.1) is 0 Å². The number of hydroxylamine groups is 1. The van der Waals surface area contributed by atoms with Crippen molar-refractivity contribution in [3.63, 3.8) is 0 Å². The average molecular weight is 316 g/mol. The molecular weight excluding hydrogens is 298 g/mol. The molecule has 0 heterocycles. The van der Waals surface area contributed by atoms with Gasteiger partial charge in [0, 0.05) is 11.1 Å². The molecule has 0 fully saturated rings. The Morgan fingerprint density at radius 2 is 2.11 bits per heavy atom. The second-order valence-electron chi connectivity index (χ2n) is 3.98. The lowest BCUT2D eigenvalue weighted by Gasteiger charge is -2.15. The Morgan fingerprint density at radius 1 is 1.44 bits per heavy atom. The minimum Gasteiger partial charge on any atom is -0.378 e. The zero-order valence-corrected chi connectivity index (χ0v) is 11.9. The predicted octanol–water partition coefficient (Wildman–Crippen LogP) is 2.68. The normalized spacial score (nSPS) is 12.2. The van der Waals surface area contributed by atoms with Gasteiger partial charge in [-0.25, -0.2) is 5.48 Å². The van der Waals surface area contributed by atoms with E-state index in [4.69, 9.17) is 9.94 Å². The van der Waals surface area contributed by atoms with Gasteiger partial charge in [-0.2, -0.15) is 0 Å². The monoisotopic (exact) mass is 315 g/mol. The molecule has 4 nitrogen and oxygen atoms in total. The van der Waals surface area contributed by atoms with E-state index < -0.39 is 5.91 Å². The molecule has 0 radical (unpaired) electrons. The van der Waals surface area contributed by atoms with Crippen molar-refractivity contribution in [1.82, 2.24) is 5.48 Å². The minimum atomic E-state index is -0.413. The number of halogens is 1. The molecule has 1 atom stereocenters. The number of amides is 1. The Bertz CT molecular complexity index is 367. The molecule has 0 saturated heterocycles. The van der Waals surface area contributed by atoms with Crippen molar-refractivity contribution in [3.8, 4) is 0 Å². The lowest BCUT2D eigenvalue weighted by atomic mass is 10.0. The van der Waals surface area contributed by atoms with E-state index in [0.29, 0.717) is 6.61 Å². The summed E-state index contributed by atoms with van der Waals surface area (Å²) in [6.45, 7) is 2.45. The van der Waals surface area contributed by atoms with Gasteiger partial charge in [0.25, 0.3) is 0 Å². The lowest BCUT2D eigenvalue weighted by molar-refractivity contribution is -0.132. The molecule has 0 unspecified atom stereocenters. The molecule has 0 aromatic heterocycles. The van der Waals surface area contributed by atoms with Crippen LogP contribution in [0.1, 0.15) is 25.3 Å². The van der Waals surface area contributed by atoms with Crippen LogP contribution in [0, 0.1) is 0 Å². The van der Waals surface area contributed by atoms with Crippen LogP contribution in [-0.4, -0.2) is 23.8 Å². The van der Waals surface area contributed by atoms with Crippen molar-refractivity contribution in [1.29, 1.82) is 0 Å². The molecule has 1 rings (SSSR count). The van der Waals surface area contributed by atoms with Crippen molar-refractivity contribution in [2.45, 2.75) is 32.3 Å². The van der Waals surface area contributed by atoms with E-state index in [-0.39, 0.29) is 12.5 Å². The van der Waals surface area contributed by atoms with Gasteiger partial charge in [-0.05, 0) is 37.5 Å². The minimum absolute atomic E-state index is 0.161. The van der Waals surface area contributed by atoms with Crippen molar-refractivity contribution < 1.29 is 14.7 Å². The van der Waals surface area contributed by atoms with Gasteiger partial charge in [-0.3, -0.25) is 10.0 Å². The van der Waals surface area contributed by atoms with E-state index in [0.717, 1.165) is 17.3 Å². The smallest absolute Gasteiger partial charge is 0.245 e. The summed E-state index contributed by atoms with van der Waals surface area (Å²) >= 11 is 3.39. The Labute approximate surface area is 115 Å². The lowest BCUT2D eigenvalue weighted by Crippen LogP contribution is -2.26. The van der Waals surface area contributed by atoms with Crippen LogP contribution in [0.3, 0.4) is 0 Å². The van der Waals surface area contributed by atoms with Crippen molar-refractivity contribution in [3.05, 3.63) is 34.3 Å². The van der Waals surface area contributed by atoms with E-state index in [1.54, 1.807) is 5.48 Å². The molecule has 0 aliphatic heterocycles. The van der Waals surface area contributed by atoms with Crippen LogP contribution in [-0.2, 0) is 16.0 Å². The topological polar surface area (TPSA) is 58.6 Å². The van der Waals surface area contributed by atoms with E-state index in [9.17, 15) is 4.79 Å². The number of hydrogen-bond donors (Lipinski definition) is 2. The standard InChI is InChI=1S/C13H18BrNO3/c1-2-18-12(9-13(16)15-17)8-5-10-3-6-11(14)7-4-10/h3-4,6-7,12,17H,2,5,8-9H2,1H3,(H,15,16)/t12-/m0/s1. The molecule has 0 spiro atoms. The van der Waals surface area contributed by atoms with E-state index in [1.165, 1.54) is 5.56 Å². The number of hydrogen-bond acceptors (Lipinski definition) is 3. The van der Waals surface area contributed by atoms with Gasteiger partial charge in [-0.1, -0.05) is 28.1 Å². The molecular formula is C13H18BrNO3. The quantitative estimate of drug-likeness (QED) is 0.601. The summed E-state index contributed by atoms with van der Waals surface area (Å²) in [4.78, 5) is 11.1. The fourth-order valence-electron chi connectivity index (χ4n) is 1.71. The highest BCUT2D eigenvalue weighted by Crippen LogP contribution is 2.14. The number of nitrogens with one attached hydrogen (secondary N) is 1. The number of rotatable bonds is 7. The highest BCUT2D eigenvalue weighted by atomic mass is 79.9. The molecule has 5 heteroatoms. The summed E-state index contributed by atoms with van der Waals surface area (Å²) in [5, 5.41) is 8.51. The van der Waals surface area contributed by atoms with Crippen LogP contribution in [0.2, 0.25) is 0 Å². The number of carbonyl (C=O) groups excluding carboxylic acids is 1. The third kappa shape index (κ3) is 5.62. The molecule has 0 saturated carbocycles. The predicted molar refractivity (Wildman–Crippen MR) is 72.4 cm³/mol. The van der Waals surface area contributed by atoms with Gasteiger partial charge >= 0.3 is 0 Å². The maximum atomic E-state index is 11.1. The van der Waals surface area contributed by atoms with E-state index >= 15 is 0 Å². The van der Waals surface area contributed by atoms with E-state index in [2.05, 4.69) is 15.9 Å². The Kier molecular flexibility index (Phi) is 6.93. The van der Waals surface area contributed by atoms with Crippen LogP contribution in [0.5, 0.6) is 0 Å².